The molecule has 2 aromatic rings. The fourth-order valence-corrected chi connectivity index (χ4v) is 3.24. The van der Waals surface area contributed by atoms with Crippen LogP contribution in [0.2, 0.25) is 0 Å². The summed E-state index contributed by atoms with van der Waals surface area (Å²) in [6, 6.07) is 10.2. The van der Waals surface area contributed by atoms with Crippen LogP contribution in [0, 0.1) is 5.92 Å². The SMILES string of the molecule is O=C(Nc1ccccc1)C1CCN(Cc2nnnn2C2CC2)CC1. The molecule has 126 valence electrons. The molecule has 1 aliphatic carbocycles. The van der Waals surface area contributed by atoms with Gasteiger partial charge in [-0.15, -0.1) is 5.10 Å². The smallest absolute Gasteiger partial charge is 0.227 e. The van der Waals surface area contributed by atoms with Gasteiger partial charge in [0.2, 0.25) is 5.91 Å². The largest absolute Gasteiger partial charge is 0.326 e. The van der Waals surface area contributed by atoms with Gasteiger partial charge in [-0.3, -0.25) is 9.69 Å². The summed E-state index contributed by atoms with van der Waals surface area (Å²) in [5.41, 5.74) is 0.869. The van der Waals surface area contributed by atoms with Crippen LogP contribution in [-0.4, -0.2) is 44.1 Å². The van der Waals surface area contributed by atoms with Gasteiger partial charge < -0.3 is 5.32 Å². The van der Waals surface area contributed by atoms with Gasteiger partial charge in [-0.25, -0.2) is 4.68 Å². The third-order valence-corrected chi connectivity index (χ3v) is 4.82. The average Bonchev–Trinajstić information content (AvgIpc) is 3.36. The molecule has 2 aliphatic rings. The number of amides is 1. The summed E-state index contributed by atoms with van der Waals surface area (Å²) >= 11 is 0. The minimum absolute atomic E-state index is 0.0842. The number of aromatic nitrogens is 4. The summed E-state index contributed by atoms with van der Waals surface area (Å²) in [4.78, 5) is 14.7. The van der Waals surface area contributed by atoms with E-state index in [1.165, 1.54) is 12.8 Å². The third kappa shape index (κ3) is 3.46. The predicted octanol–water partition coefficient (Wildman–Crippen LogP) is 1.86. The van der Waals surface area contributed by atoms with E-state index < -0.39 is 0 Å². The van der Waals surface area contributed by atoms with E-state index in [9.17, 15) is 4.79 Å². The number of piperidine rings is 1. The minimum atomic E-state index is 0.0842. The molecule has 0 unspecified atom stereocenters. The van der Waals surface area contributed by atoms with Gasteiger partial charge in [-0.1, -0.05) is 18.2 Å². The highest BCUT2D eigenvalue weighted by atomic mass is 16.1. The average molecular weight is 326 g/mol. The molecular formula is C17H22N6O. The molecule has 7 nitrogen and oxygen atoms in total. The van der Waals surface area contributed by atoms with Crippen LogP contribution in [0.5, 0.6) is 0 Å². The molecule has 1 saturated carbocycles. The van der Waals surface area contributed by atoms with Gasteiger partial charge in [-0.2, -0.15) is 0 Å². The summed E-state index contributed by atoms with van der Waals surface area (Å²) in [6.07, 6.45) is 4.12. The van der Waals surface area contributed by atoms with Crippen LogP contribution in [0.15, 0.2) is 30.3 Å². The van der Waals surface area contributed by atoms with Crippen LogP contribution in [0.3, 0.4) is 0 Å². The van der Waals surface area contributed by atoms with Gasteiger partial charge >= 0.3 is 0 Å². The molecule has 7 heteroatoms. The maximum atomic E-state index is 12.4. The van der Waals surface area contributed by atoms with Crippen molar-refractivity contribution in [3.63, 3.8) is 0 Å². The highest BCUT2D eigenvalue weighted by molar-refractivity contribution is 5.92. The lowest BCUT2D eigenvalue weighted by atomic mass is 9.96. The first-order valence-electron chi connectivity index (χ1n) is 8.64. The standard InChI is InChI=1S/C17H22N6O/c24-17(18-14-4-2-1-3-5-14)13-8-10-22(11-9-13)12-16-19-20-21-23(16)15-6-7-15/h1-5,13,15H,6-12H2,(H,18,24). The van der Waals surface area contributed by atoms with Crippen LogP contribution in [0.4, 0.5) is 5.69 Å². The van der Waals surface area contributed by atoms with E-state index in [1.807, 2.05) is 35.0 Å². The van der Waals surface area contributed by atoms with Crippen LogP contribution in [-0.2, 0) is 11.3 Å². The summed E-state index contributed by atoms with van der Waals surface area (Å²) in [6.45, 7) is 2.59. The number of anilines is 1. The number of tetrazole rings is 1. The summed E-state index contributed by atoms with van der Waals surface area (Å²) in [5, 5.41) is 15.1. The van der Waals surface area contributed by atoms with Crippen molar-refractivity contribution in [1.29, 1.82) is 0 Å². The van der Waals surface area contributed by atoms with E-state index in [0.29, 0.717) is 6.04 Å². The molecule has 24 heavy (non-hydrogen) atoms. The summed E-state index contributed by atoms with van der Waals surface area (Å²) in [7, 11) is 0. The minimum Gasteiger partial charge on any atom is -0.326 e. The van der Waals surface area contributed by atoms with Gasteiger partial charge in [0.1, 0.15) is 0 Å². The van der Waals surface area contributed by atoms with Gasteiger partial charge in [0.25, 0.3) is 0 Å². The zero-order chi connectivity index (χ0) is 16.4. The van der Waals surface area contributed by atoms with Crippen LogP contribution in [0.25, 0.3) is 0 Å². The molecular weight excluding hydrogens is 304 g/mol. The van der Waals surface area contributed by atoms with E-state index in [-0.39, 0.29) is 11.8 Å². The number of carbonyl (C=O) groups excluding carboxylic acids is 1. The van der Waals surface area contributed by atoms with Crippen molar-refractivity contribution in [2.45, 2.75) is 38.3 Å². The molecule has 2 heterocycles. The van der Waals surface area contributed by atoms with Crippen LogP contribution < -0.4 is 5.32 Å². The maximum absolute atomic E-state index is 12.4. The van der Waals surface area contributed by atoms with E-state index in [2.05, 4.69) is 25.7 Å². The number of hydrogen-bond acceptors (Lipinski definition) is 5. The molecule has 0 radical (unpaired) electrons. The Balaban J connectivity index is 1.28. The second kappa shape index (κ2) is 6.68. The summed E-state index contributed by atoms with van der Waals surface area (Å²) in [5.74, 6) is 1.16. The highest BCUT2D eigenvalue weighted by Gasteiger charge is 2.30. The molecule has 4 rings (SSSR count). The Morgan fingerprint density at radius 3 is 2.58 bits per heavy atom. The van der Waals surface area contributed by atoms with Crippen LogP contribution in [0.1, 0.15) is 37.5 Å². The highest BCUT2D eigenvalue weighted by Crippen LogP contribution is 2.34. The predicted molar refractivity (Wildman–Crippen MR) is 89.2 cm³/mol. The number of carbonyl (C=O) groups is 1. The van der Waals surface area contributed by atoms with Gasteiger partial charge in [0, 0.05) is 11.6 Å². The zero-order valence-electron chi connectivity index (χ0n) is 13.6. The number of nitrogens with zero attached hydrogens (tertiary/aromatic N) is 5. The molecule has 0 atom stereocenters. The fourth-order valence-electron chi connectivity index (χ4n) is 3.24. The Morgan fingerprint density at radius 2 is 1.88 bits per heavy atom. The first kappa shape index (κ1) is 15.3. The molecule has 1 aromatic carbocycles. The Hall–Kier alpha value is -2.28. The normalized spacial score (nSPS) is 19.3. The Labute approximate surface area is 141 Å². The monoisotopic (exact) mass is 326 g/mol. The van der Waals surface area contributed by atoms with Crippen molar-refractivity contribution < 1.29 is 4.79 Å². The molecule has 0 spiro atoms. The number of hydrogen-bond donors (Lipinski definition) is 1. The fraction of sp³-hybridized carbons (Fsp3) is 0.529. The lowest BCUT2D eigenvalue weighted by Crippen LogP contribution is -2.38. The van der Waals surface area contributed by atoms with Crippen molar-refractivity contribution >= 4 is 11.6 Å². The number of likely N-dealkylation sites (tertiary alicyclic amines) is 1. The van der Waals surface area contributed by atoms with E-state index in [4.69, 9.17) is 0 Å². The van der Waals surface area contributed by atoms with E-state index in [1.54, 1.807) is 0 Å². The lowest BCUT2D eigenvalue weighted by Gasteiger charge is -2.30. The molecule has 1 N–H and O–H groups in total. The summed E-state index contributed by atoms with van der Waals surface area (Å²) < 4.78 is 1.97. The lowest BCUT2D eigenvalue weighted by molar-refractivity contribution is -0.121. The number of rotatable bonds is 5. The van der Waals surface area contributed by atoms with Gasteiger partial charge in [-0.05, 0) is 61.3 Å². The first-order chi connectivity index (χ1) is 11.8. The molecule has 1 aliphatic heterocycles. The van der Waals surface area contributed by atoms with E-state index in [0.717, 1.165) is 44.0 Å². The van der Waals surface area contributed by atoms with Gasteiger partial charge in [0.15, 0.2) is 5.82 Å². The van der Waals surface area contributed by atoms with Crippen molar-refractivity contribution in [1.82, 2.24) is 25.1 Å². The molecule has 1 amide bonds. The second-order valence-corrected chi connectivity index (χ2v) is 6.68. The van der Waals surface area contributed by atoms with Crippen molar-refractivity contribution in [2.75, 3.05) is 18.4 Å². The number of nitrogens with one attached hydrogen (secondary N) is 1. The Kier molecular flexibility index (Phi) is 4.25. The van der Waals surface area contributed by atoms with Crippen LogP contribution >= 0.6 is 0 Å². The van der Waals surface area contributed by atoms with Crippen molar-refractivity contribution in [3.05, 3.63) is 36.2 Å². The quantitative estimate of drug-likeness (QED) is 0.907. The Bertz CT molecular complexity index is 688. The van der Waals surface area contributed by atoms with Gasteiger partial charge in [0.05, 0.1) is 12.6 Å². The molecule has 0 bridgehead atoms. The zero-order valence-corrected chi connectivity index (χ0v) is 13.6. The number of benzene rings is 1. The molecule has 1 saturated heterocycles. The maximum Gasteiger partial charge on any atom is 0.227 e. The topological polar surface area (TPSA) is 75.9 Å². The second-order valence-electron chi connectivity index (χ2n) is 6.68. The Morgan fingerprint density at radius 1 is 1.12 bits per heavy atom. The number of para-hydroxylation sites is 1. The third-order valence-electron chi connectivity index (χ3n) is 4.82. The molecule has 1 aromatic heterocycles. The van der Waals surface area contributed by atoms with E-state index >= 15 is 0 Å². The first-order valence-corrected chi connectivity index (χ1v) is 8.64. The van der Waals surface area contributed by atoms with Crippen molar-refractivity contribution in [3.8, 4) is 0 Å². The van der Waals surface area contributed by atoms with Crippen molar-refractivity contribution in [2.24, 2.45) is 5.92 Å². The molecule has 2 fully saturated rings.